The maximum absolute atomic E-state index is 10.8. The predicted molar refractivity (Wildman–Crippen MR) is 70.2 cm³/mol. The molecule has 9 nitrogen and oxygen atoms in total. The Morgan fingerprint density at radius 3 is 2.90 bits per heavy atom. The molecule has 0 atom stereocenters. The van der Waals surface area contributed by atoms with Crippen LogP contribution in [-0.4, -0.2) is 29.9 Å². The number of rotatable bonds is 4. The van der Waals surface area contributed by atoms with Gasteiger partial charge in [0.2, 0.25) is 5.89 Å². The number of pyridine rings is 1. The maximum Gasteiger partial charge on any atom is 0.309 e. The van der Waals surface area contributed by atoms with E-state index in [2.05, 4.69) is 20.3 Å². The average molecular weight is 286 g/mol. The van der Waals surface area contributed by atoms with Gasteiger partial charge in [0.1, 0.15) is 24.1 Å². The topological polar surface area (TPSA) is 113 Å². The van der Waals surface area contributed by atoms with Crippen LogP contribution in [0.3, 0.4) is 0 Å². The van der Waals surface area contributed by atoms with E-state index < -0.39 is 4.92 Å². The third-order valence-electron chi connectivity index (χ3n) is 2.77. The highest BCUT2D eigenvalue weighted by Gasteiger charge is 2.17. The monoisotopic (exact) mass is 286 g/mol. The Kier molecular flexibility index (Phi) is 3.14. The molecule has 0 N–H and O–H groups in total. The zero-order valence-electron chi connectivity index (χ0n) is 11.0. The Labute approximate surface area is 118 Å². The summed E-state index contributed by atoms with van der Waals surface area (Å²) in [6, 6.07) is 5.35. The van der Waals surface area contributed by atoms with E-state index in [0.717, 1.165) is 0 Å². The summed E-state index contributed by atoms with van der Waals surface area (Å²) in [7, 11) is 0. The summed E-state index contributed by atoms with van der Waals surface area (Å²) in [5, 5.41) is 22.6. The fourth-order valence-corrected chi connectivity index (χ4v) is 1.82. The number of nitrogens with zero attached hydrogens (tertiary/aromatic N) is 6. The molecular weight excluding hydrogens is 276 g/mol. The highest BCUT2D eigenvalue weighted by atomic mass is 16.6. The van der Waals surface area contributed by atoms with Crippen molar-refractivity contribution in [3.05, 3.63) is 52.3 Å². The van der Waals surface area contributed by atoms with Crippen molar-refractivity contribution in [2.45, 2.75) is 13.5 Å². The fourth-order valence-electron chi connectivity index (χ4n) is 1.82. The Bertz CT molecular complexity index is 779. The summed E-state index contributed by atoms with van der Waals surface area (Å²) in [5.74, 6) is 0.594. The molecule has 3 heterocycles. The van der Waals surface area contributed by atoms with Gasteiger partial charge in [0.15, 0.2) is 0 Å². The maximum atomic E-state index is 10.8. The highest BCUT2D eigenvalue weighted by Crippen LogP contribution is 2.17. The van der Waals surface area contributed by atoms with Gasteiger partial charge in [-0.1, -0.05) is 6.07 Å². The van der Waals surface area contributed by atoms with E-state index in [4.69, 9.17) is 4.42 Å². The number of hydrogen-bond donors (Lipinski definition) is 0. The summed E-state index contributed by atoms with van der Waals surface area (Å²) >= 11 is 0. The molecule has 0 saturated carbocycles. The smallest absolute Gasteiger partial charge is 0.309 e. The minimum Gasteiger partial charge on any atom is -0.417 e. The first-order chi connectivity index (χ1) is 10.1. The van der Waals surface area contributed by atoms with Crippen LogP contribution in [-0.2, 0) is 6.54 Å². The molecule has 0 amide bonds. The predicted octanol–water partition coefficient (Wildman–Crippen LogP) is 1.59. The SMILES string of the molecule is Cc1nn(Cc2nnc(-c3ccccn3)o2)cc1[N+](=O)[O-]. The standard InChI is InChI=1S/C12H10N6O3/c1-8-10(18(19)20)6-17(16-8)7-11-14-15-12(21-11)9-4-2-3-5-13-9/h2-6H,7H2,1H3. The molecule has 106 valence electrons. The van der Waals surface area contributed by atoms with Crippen LogP contribution in [0.25, 0.3) is 11.6 Å². The van der Waals surface area contributed by atoms with E-state index in [-0.39, 0.29) is 12.2 Å². The molecule has 0 spiro atoms. The first-order valence-electron chi connectivity index (χ1n) is 6.05. The van der Waals surface area contributed by atoms with Crippen molar-refractivity contribution in [1.82, 2.24) is 25.0 Å². The van der Waals surface area contributed by atoms with Crippen LogP contribution in [0.2, 0.25) is 0 Å². The number of nitro groups is 1. The van der Waals surface area contributed by atoms with Gasteiger partial charge in [-0.15, -0.1) is 10.2 Å². The van der Waals surface area contributed by atoms with Gasteiger partial charge in [-0.05, 0) is 19.1 Å². The largest absolute Gasteiger partial charge is 0.417 e. The van der Waals surface area contributed by atoms with Crippen molar-refractivity contribution in [3.63, 3.8) is 0 Å². The van der Waals surface area contributed by atoms with Gasteiger partial charge in [-0.25, -0.2) is 0 Å². The molecule has 0 fully saturated rings. The molecule has 3 rings (SSSR count). The molecule has 0 bridgehead atoms. The van der Waals surface area contributed by atoms with Crippen molar-refractivity contribution in [2.24, 2.45) is 0 Å². The van der Waals surface area contributed by atoms with Crippen LogP contribution in [0.4, 0.5) is 5.69 Å². The van der Waals surface area contributed by atoms with E-state index >= 15 is 0 Å². The van der Waals surface area contributed by atoms with Gasteiger partial charge < -0.3 is 4.42 Å². The van der Waals surface area contributed by atoms with Crippen LogP contribution >= 0.6 is 0 Å². The summed E-state index contributed by atoms with van der Waals surface area (Å²) in [6.07, 6.45) is 2.96. The molecule has 3 aromatic rings. The van der Waals surface area contributed by atoms with E-state index in [1.807, 2.05) is 6.07 Å². The second kappa shape index (κ2) is 5.12. The summed E-state index contributed by atoms with van der Waals surface area (Å²) in [5.41, 5.74) is 0.864. The molecule has 0 aliphatic carbocycles. The number of aromatic nitrogens is 5. The highest BCUT2D eigenvalue weighted by molar-refractivity contribution is 5.44. The summed E-state index contributed by atoms with van der Waals surface area (Å²) in [6.45, 7) is 1.73. The van der Waals surface area contributed by atoms with E-state index in [1.165, 1.54) is 10.9 Å². The van der Waals surface area contributed by atoms with Crippen molar-refractivity contribution in [3.8, 4) is 11.6 Å². The van der Waals surface area contributed by atoms with Gasteiger partial charge in [0.25, 0.3) is 5.89 Å². The van der Waals surface area contributed by atoms with Crippen molar-refractivity contribution < 1.29 is 9.34 Å². The zero-order chi connectivity index (χ0) is 14.8. The lowest BCUT2D eigenvalue weighted by molar-refractivity contribution is -0.385. The lowest BCUT2D eigenvalue weighted by atomic mass is 10.3. The molecular formula is C12H10N6O3. The Hall–Kier alpha value is -3.10. The normalized spacial score (nSPS) is 10.7. The van der Waals surface area contributed by atoms with Gasteiger partial charge >= 0.3 is 5.69 Å². The molecule has 0 aromatic carbocycles. The molecule has 0 unspecified atom stereocenters. The van der Waals surface area contributed by atoms with Gasteiger partial charge in [-0.3, -0.25) is 19.8 Å². The van der Waals surface area contributed by atoms with Crippen molar-refractivity contribution >= 4 is 5.69 Å². The first-order valence-corrected chi connectivity index (χ1v) is 6.05. The second-order valence-corrected chi connectivity index (χ2v) is 4.27. The lowest BCUT2D eigenvalue weighted by Crippen LogP contribution is -2.00. The van der Waals surface area contributed by atoms with Crippen LogP contribution < -0.4 is 0 Å². The summed E-state index contributed by atoms with van der Waals surface area (Å²) in [4.78, 5) is 14.4. The molecule has 0 saturated heterocycles. The Morgan fingerprint density at radius 1 is 1.38 bits per heavy atom. The van der Waals surface area contributed by atoms with Crippen molar-refractivity contribution in [1.29, 1.82) is 0 Å². The van der Waals surface area contributed by atoms with E-state index in [0.29, 0.717) is 23.2 Å². The van der Waals surface area contributed by atoms with Crippen LogP contribution in [0.15, 0.2) is 35.0 Å². The van der Waals surface area contributed by atoms with E-state index in [1.54, 1.807) is 25.3 Å². The van der Waals surface area contributed by atoms with Gasteiger partial charge in [-0.2, -0.15) is 5.10 Å². The third kappa shape index (κ3) is 2.61. The zero-order valence-corrected chi connectivity index (χ0v) is 11.0. The van der Waals surface area contributed by atoms with E-state index in [9.17, 15) is 10.1 Å². The van der Waals surface area contributed by atoms with Crippen LogP contribution in [0, 0.1) is 17.0 Å². The molecule has 9 heteroatoms. The first kappa shape index (κ1) is 12.9. The van der Waals surface area contributed by atoms with Gasteiger partial charge in [0, 0.05) is 6.20 Å². The summed E-state index contributed by atoms with van der Waals surface area (Å²) < 4.78 is 6.86. The fraction of sp³-hybridized carbons (Fsp3) is 0.167. The molecule has 21 heavy (non-hydrogen) atoms. The van der Waals surface area contributed by atoms with Crippen LogP contribution in [0.1, 0.15) is 11.6 Å². The minimum absolute atomic E-state index is 0.0422. The molecule has 0 radical (unpaired) electrons. The number of hydrogen-bond acceptors (Lipinski definition) is 7. The molecule has 0 aliphatic heterocycles. The lowest BCUT2D eigenvalue weighted by Gasteiger charge is -1.94. The Balaban J connectivity index is 1.82. The van der Waals surface area contributed by atoms with Crippen molar-refractivity contribution in [2.75, 3.05) is 0 Å². The third-order valence-corrected chi connectivity index (χ3v) is 2.77. The average Bonchev–Trinajstić information content (AvgIpc) is 3.07. The number of aryl methyl sites for hydroxylation is 1. The second-order valence-electron chi connectivity index (χ2n) is 4.27. The Morgan fingerprint density at radius 2 is 2.24 bits per heavy atom. The molecule has 0 aliphatic rings. The van der Waals surface area contributed by atoms with Gasteiger partial charge in [0.05, 0.1) is 4.92 Å². The van der Waals surface area contributed by atoms with Crippen LogP contribution in [0.5, 0.6) is 0 Å². The quantitative estimate of drug-likeness (QED) is 0.528. The molecule has 3 aromatic heterocycles. The minimum atomic E-state index is -0.480.